The first-order chi connectivity index (χ1) is 7.35. The van der Waals surface area contributed by atoms with Gasteiger partial charge in [0.15, 0.2) is 0 Å². The van der Waals surface area contributed by atoms with Crippen LogP contribution in [0.15, 0.2) is 30.3 Å². The lowest BCUT2D eigenvalue weighted by Crippen LogP contribution is -2.42. The monoisotopic (exact) mass is 270 g/mol. The molecule has 1 rings (SSSR count). The molecule has 0 nitrogen and oxygen atoms in total. The van der Waals surface area contributed by atoms with Gasteiger partial charge in [0.25, 0.3) is 0 Å². The van der Waals surface area contributed by atoms with Crippen LogP contribution in [0, 0.1) is 0 Å². The Labute approximate surface area is 107 Å². The maximum atomic E-state index is 6.09. The van der Waals surface area contributed by atoms with E-state index in [0.717, 1.165) is 5.50 Å². The Morgan fingerprint density at radius 1 is 0.938 bits per heavy atom. The zero-order valence-corrected chi connectivity index (χ0v) is 13.6. The number of rotatable bonds is 5. The molecule has 0 spiro atoms. The molecule has 0 saturated heterocycles. The van der Waals surface area contributed by atoms with E-state index in [9.17, 15) is 0 Å². The zero-order chi connectivity index (χ0) is 12.2. The fourth-order valence-electron chi connectivity index (χ4n) is 2.55. The second-order valence-corrected chi connectivity index (χ2v) is 17.8. The van der Waals surface area contributed by atoms with Crippen molar-refractivity contribution in [2.75, 3.05) is 5.50 Å². The molecule has 16 heavy (non-hydrogen) atoms. The molecule has 0 amide bonds. The molecule has 0 fully saturated rings. The first-order valence-corrected chi connectivity index (χ1v) is 13.3. The quantitative estimate of drug-likeness (QED) is 0.546. The predicted octanol–water partition coefficient (Wildman–Crippen LogP) is 4.50. The molecule has 0 aliphatic rings. The van der Waals surface area contributed by atoms with Crippen LogP contribution in [0.2, 0.25) is 31.9 Å². The second-order valence-electron chi connectivity index (χ2n) is 6.30. The summed E-state index contributed by atoms with van der Waals surface area (Å²) in [5.74, 6) is 0. The molecular weight excluding hydrogens is 248 g/mol. The van der Waals surface area contributed by atoms with Gasteiger partial charge in [0.2, 0.25) is 0 Å². The molecule has 90 valence electrons. The van der Waals surface area contributed by atoms with Gasteiger partial charge in [0.1, 0.15) is 0 Å². The van der Waals surface area contributed by atoms with Crippen LogP contribution in [0.3, 0.4) is 0 Å². The Hall–Kier alpha value is -0.0562. The van der Waals surface area contributed by atoms with Gasteiger partial charge in [-0.3, -0.25) is 0 Å². The molecule has 0 aliphatic carbocycles. The highest BCUT2D eigenvalue weighted by molar-refractivity contribution is 6.97. The van der Waals surface area contributed by atoms with Gasteiger partial charge < -0.3 is 0 Å². The minimum Gasteiger partial charge on any atom is -0.130 e. The zero-order valence-electron chi connectivity index (χ0n) is 10.9. The predicted molar refractivity (Wildman–Crippen MR) is 80.6 cm³/mol. The number of benzene rings is 1. The van der Waals surface area contributed by atoms with Gasteiger partial charge in [-0.1, -0.05) is 67.8 Å². The lowest BCUT2D eigenvalue weighted by atomic mass is 10.2. The van der Waals surface area contributed by atoms with Crippen molar-refractivity contribution in [3.8, 4) is 0 Å². The molecule has 0 unspecified atom stereocenters. The van der Waals surface area contributed by atoms with Crippen molar-refractivity contribution in [1.82, 2.24) is 0 Å². The maximum absolute atomic E-state index is 6.09. The average Bonchev–Trinajstić information content (AvgIpc) is 2.17. The van der Waals surface area contributed by atoms with Crippen molar-refractivity contribution >= 4 is 27.7 Å². The summed E-state index contributed by atoms with van der Waals surface area (Å²) in [4.78, 5) is 0. The van der Waals surface area contributed by atoms with Gasteiger partial charge in [-0.15, -0.1) is 11.6 Å². The molecule has 0 N–H and O–H groups in total. The van der Waals surface area contributed by atoms with Gasteiger partial charge in [0.05, 0.1) is 8.07 Å². The maximum Gasteiger partial charge on any atom is 0.0614 e. The molecule has 0 radical (unpaired) electrons. The van der Waals surface area contributed by atoms with E-state index >= 15 is 0 Å². The highest BCUT2D eigenvalue weighted by Gasteiger charge is 2.31. The molecule has 0 heterocycles. The highest BCUT2D eigenvalue weighted by atomic mass is 35.5. The van der Waals surface area contributed by atoms with E-state index in [1.165, 1.54) is 17.3 Å². The van der Waals surface area contributed by atoms with Crippen LogP contribution in [-0.4, -0.2) is 21.7 Å². The Morgan fingerprint density at radius 3 is 2.00 bits per heavy atom. The molecule has 0 bridgehead atoms. The number of halogens is 1. The van der Waals surface area contributed by atoms with E-state index < -0.39 is 16.1 Å². The molecular formula is C13H23ClSi2. The summed E-state index contributed by atoms with van der Waals surface area (Å²) in [6, 6.07) is 12.2. The molecule has 1 aromatic carbocycles. The van der Waals surface area contributed by atoms with E-state index in [2.05, 4.69) is 56.5 Å². The van der Waals surface area contributed by atoms with Crippen LogP contribution >= 0.6 is 11.6 Å². The molecule has 0 saturated carbocycles. The first-order valence-electron chi connectivity index (χ1n) is 5.95. The normalized spacial score (nSPS) is 12.8. The third-order valence-electron chi connectivity index (χ3n) is 2.84. The SMILES string of the molecule is C[Si](C)(CCl)C[Si](C)(C)Cc1ccccc1. The fraction of sp³-hybridized carbons (Fsp3) is 0.538. The van der Waals surface area contributed by atoms with Crippen LogP contribution in [0.5, 0.6) is 0 Å². The van der Waals surface area contributed by atoms with Gasteiger partial charge >= 0.3 is 0 Å². The lowest BCUT2D eigenvalue weighted by Gasteiger charge is -2.31. The van der Waals surface area contributed by atoms with Crippen LogP contribution in [-0.2, 0) is 6.04 Å². The summed E-state index contributed by atoms with van der Waals surface area (Å²) in [6.45, 7) is 9.84. The van der Waals surface area contributed by atoms with Crippen molar-refractivity contribution in [2.45, 2.75) is 37.9 Å². The summed E-state index contributed by atoms with van der Waals surface area (Å²) < 4.78 is 0. The van der Waals surface area contributed by atoms with Crippen molar-refractivity contribution in [1.29, 1.82) is 0 Å². The van der Waals surface area contributed by atoms with E-state index in [1.54, 1.807) is 0 Å². The number of alkyl halides is 1. The van der Waals surface area contributed by atoms with Crippen LogP contribution < -0.4 is 0 Å². The average molecular weight is 271 g/mol. The van der Waals surface area contributed by atoms with Crippen LogP contribution in [0.1, 0.15) is 5.56 Å². The molecule has 0 aliphatic heterocycles. The van der Waals surface area contributed by atoms with Gasteiger partial charge in [-0.2, -0.15) is 0 Å². The van der Waals surface area contributed by atoms with Crippen molar-refractivity contribution < 1.29 is 0 Å². The number of hydrogen-bond donors (Lipinski definition) is 0. The summed E-state index contributed by atoms with van der Waals surface area (Å²) in [5.41, 5.74) is 3.83. The Bertz CT molecular complexity index is 320. The summed E-state index contributed by atoms with van der Waals surface area (Å²) in [6.07, 6.45) is 0. The minimum atomic E-state index is -1.14. The van der Waals surface area contributed by atoms with Crippen LogP contribution in [0.25, 0.3) is 0 Å². The van der Waals surface area contributed by atoms with E-state index in [4.69, 9.17) is 11.6 Å². The Kier molecular flexibility index (Phi) is 4.83. The third-order valence-corrected chi connectivity index (χ3v) is 14.8. The highest BCUT2D eigenvalue weighted by Crippen LogP contribution is 2.24. The number of hydrogen-bond acceptors (Lipinski definition) is 0. The standard InChI is InChI=1S/C13H23ClSi2/c1-15(2,12-16(3,4)11-14)10-13-8-6-5-7-9-13/h5-9H,10-12H2,1-4H3. The summed E-state index contributed by atoms with van der Waals surface area (Å²) >= 11 is 6.09. The summed E-state index contributed by atoms with van der Waals surface area (Å²) in [7, 11) is -2.26. The molecule has 0 aromatic heterocycles. The fourth-order valence-corrected chi connectivity index (χ4v) is 16.0. The third kappa shape index (κ3) is 4.85. The first kappa shape index (κ1) is 14.0. The smallest absolute Gasteiger partial charge is 0.0614 e. The molecule has 0 atom stereocenters. The van der Waals surface area contributed by atoms with Gasteiger partial charge in [-0.05, 0) is 6.04 Å². The van der Waals surface area contributed by atoms with E-state index in [0.29, 0.717) is 0 Å². The minimum absolute atomic E-state index is 0.901. The van der Waals surface area contributed by atoms with E-state index in [-0.39, 0.29) is 0 Å². The van der Waals surface area contributed by atoms with Gasteiger partial charge in [0, 0.05) is 13.6 Å². The Morgan fingerprint density at radius 2 is 1.50 bits per heavy atom. The summed E-state index contributed by atoms with van der Waals surface area (Å²) in [5, 5.41) is 0. The second kappa shape index (κ2) is 5.52. The topological polar surface area (TPSA) is 0 Å². The molecule has 1 aromatic rings. The van der Waals surface area contributed by atoms with Gasteiger partial charge in [-0.25, -0.2) is 0 Å². The van der Waals surface area contributed by atoms with E-state index in [1.807, 2.05) is 0 Å². The largest absolute Gasteiger partial charge is 0.130 e. The Balaban J connectivity index is 2.65. The van der Waals surface area contributed by atoms with Crippen molar-refractivity contribution in [3.63, 3.8) is 0 Å². The van der Waals surface area contributed by atoms with Crippen molar-refractivity contribution in [3.05, 3.63) is 35.9 Å². The van der Waals surface area contributed by atoms with Crippen LogP contribution in [0.4, 0.5) is 0 Å². The lowest BCUT2D eigenvalue weighted by molar-refractivity contribution is 1.28. The molecule has 3 heteroatoms. The van der Waals surface area contributed by atoms with Crippen molar-refractivity contribution in [2.24, 2.45) is 0 Å².